The maximum absolute atomic E-state index is 11.2. The first kappa shape index (κ1) is 8.94. The summed E-state index contributed by atoms with van der Waals surface area (Å²) in [5.74, 6) is 0.240. The van der Waals surface area contributed by atoms with E-state index in [4.69, 9.17) is 4.74 Å². The van der Waals surface area contributed by atoms with Gasteiger partial charge < -0.3 is 4.74 Å². The summed E-state index contributed by atoms with van der Waals surface area (Å²) in [6.07, 6.45) is -0.440. The lowest BCUT2D eigenvalue weighted by Crippen LogP contribution is -2.13. The Hall–Kier alpha value is -1.64. The van der Waals surface area contributed by atoms with Crippen LogP contribution in [0.3, 0.4) is 0 Å². The van der Waals surface area contributed by atoms with E-state index < -0.39 is 6.10 Å². The minimum atomic E-state index is -0.440. The fourth-order valence-electron chi connectivity index (χ4n) is 1.37. The van der Waals surface area contributed by atoms with Gasteiger partial charge in [-0.1, -0.05) is 18.2 Å². The van der Waals surface area contributed by atoms with Crippen molar-refractivity contribution >= 4 is 11.8 Å². The van der Waals surface area contributed by atoms with Crippen molar-refractivity contribution in [2.24, 2.45) is 4.99 Å². The van der Waals surface area contributed by atoms with E-state index in [0.717, 1.165) is 11.1 Å². The van der Waals surface area contributed by atoms with Crippen LogP contribution in [0.5, 0.6) is 0 Å². The predicted molar refractivity (Wildman–Crippen MR) is 53.3 cm³/mol. The number of nitrogens with zero attached hydrogens (tertiary/aromatic N) is 1. The molecule has 0 fully saturated rings. The van der Waals surface area contributed by atoms with Crippen LogP contribution in [0.15, 0.2) is 29.3 Å². The molecule has 0 radical (unpaired) electrons. The largest absolute Gasteiger partial charge is 0.464 e. The summed E-state index contributed by atoms with van der Waals surface area (Å²) in [4.78, 5) is 15.0. The van der Waals surface area contributed by atoms with Gasteiger partial charge in [0.1, 0.15) is 0 Å². The zero-order valence-electron chi connectivity index (χ0n) is 8.15. The van der Waals surface area contributed by atoms with Crippen molar-refractivity contribution in [3.8, 4) is 0 Å². The summed E-state index contributed by atoms with van der Waals surface area (Å²) < 4.78 is 5.34. The molecule has 0 bridgehead atoms. The Labute approximate surface area is 82.4 Å². The monoisotopic (exact) mass is 189 g/mol. The highest BCUT2D eigenvalue weighted by molar-refractivity contribution is 6.07. The van der Waals surface area contributed by atoms with Crippen LogP contribution in [0.1, 0.15) is 18.1 Å². The standard InChI is InChI=1S/C11H11NO2/c1-7-5-3-4-6-9(7)11-12-10(13)8(2)14-11/h3-6,8H,1-2H3. The zero-order chi connectivity index (χ0) is 10.1. The minimum Gasteiger partial charge on any atom is -0.464 e. The van der Waals surface area contributed by atoms with Crippen LogP contribution < -0.4 is 0 Å². The molecule has 0 N–H and O–H groups in total. The summed E-state index contributed by atoms with van der Waals surface area (Å²) in [6.45, 7) is 3.67. The third-order valence-electron chi connectivity index (χ3n) is 2.22. The van der Waals surface area contributed by atoms with Gasteiger partial charge in [0.2, 0.25) is 5.90 Å². The Kier molecular flexibility index (Phi) is 2.08. The van der Waals surface area contributed by atoms with E-state index in [1.807, 2.05) is 31.2 Å². The minimum absolute atomic E-state index is 0.205. The molecule has 0 saturated carbocycles. The summed E-state index contributed by atoms with van der Waals surface area (Å²) in [7, 11) is 0. The van der Waals surface area contributed by atoms with E-state index in [9.17, 15) is 4.79 Å². The van der Waals surface area contributed by atoms with Crippen LogP contribution in [-0.2, 0) is 9.53 Å². The van der Waals surface area contributed by atoms with Crippen molar-refractivity contribution in [2.75, 3.05) is 0 Å². The van der Waals surface area contributed by atoms with Gasteiger partial charge in [0.05, 0.1) is 0 Å². The lowest BCUT2D eigenvalue weighted by Gasteiger charge is -2.06. The second-order valence-electron chi connectivity index (χ2n) is 3.33. The van der Waals surface area contributed by atoms with Gasteiger partial charge in [-0.25, -0.2) is 0 Å². The molecule has 2 rings (SSSR count). The molecule has 1 atom stereocenters. The number of carbonyl (C=O) groups is 1. The van der Waals surface area contributed by atoms with Crippen LogP contribution in [-0.4, -0.2) is 17.9 Å². The number of aliphatic imine (C=N–C) groups is 1. The van der Waals surface area contributed by atoms with Crippen molar-refractivity contribution < 1.29 is 9.53 Å². The third-order valence-corrected chi connectivity index (χ3v) is 2.22. The molecule has 1 aliphatic heterocycles. The van der Waals surface area contributed by atoms with E-state index in [1.165, 1.54) is 0 Å². The first-order valence-corrected chi connectivity index (χ1v) is 4.53. The Morgan fingerprint density at radius 2 is 2.07 bits per heavy atom. The van der Waals surface area contributed by atoms with Crippen LogP contribution in [0.25, 0.3) is 0 Å². The fourth-order valence-corrected chi connectivity index (χ4v) is 1.37. The van der Waals surface area contributed by atoms with Gasteiger partial charge >= 0.3 is 0 Å². The molecule has 3 nitrogen and oxygen atoms in total. The SMILES string of the molecule is Cc1ccccc1C1=NC(=O)C(C)O1. The van der Waals surface area contributed by atoms with E-state index in [0.29, 0.717) is 5.90 Å². The Morgan fingerprint density at radius 1 is 1.36 bits per heavy atom. The first-order chi connectivity index (χ1) is 6.68. The normalized spacial score (nSPS) is 20.6. The molecule has 1 amide bonds. The summed E-state index contributed by atoms with van der Waals surface area (Å²) >= 11 is 0. The van der Waals surface area contributed by atoms with Crippen molar-refractivity contribution in [3.63, 3.8) is 0 Å². The van der Waals surface area contributed by atoms with Gasteiger partial charge in [-0.15, -0.1) is 0 Å². The van der Waals surface area contributed by atoms with Crippen LogP contribution >= 0.6 is 0 Å². The van der Waals surface area contributed by atoms with Crippen molar-refractivity contribution in [2.45, 2.75) is 20.0 Å². The molecule has 1 heterocycles. The molecular weight excluding hydrogens is 178 g/mol. The van der Waals surface area contributed by atoms with Crippen molar-refractivity contribution in [1.82, 2.24) is 0 Å². The van der Waals surface area contributed by atoms with Crippen molar-refractivity contribution in [3.05, 3.63) is 35.4 Å². The molecule has 0 aromatic heterocycles. The fraction of sp³-hybridized carbons (Fsp3) is 0.273. The smallest absolute Gasteiger partial charge is 0.289 e. The number of amides is 1. The average molecular weight is 189 g/mol. The highest BCUT2D eigenvalue weighted by Crippen LogP contribution is 2.15. The highest BCUT2D eigenvalue weighted by atomic mass is 16.5. The number of aryl methyl sites for hydroxylation is 1. The van der Waals surface area contributed by atoms with Gasteiger partial charge in [-0.05, 0) is 25.5 Å². The Morgan fingerprint density at radius 3 is 2.64 bits per heavy atom. The second kappa shape index (κ2) is 3.25. The Bertz CT molecular complexity index is 410. The summed E-state index contributed by atoms with van der Waals surface area (Å²) in [5, 5.41) is 0. The molecule has 1 aromatic rings. The van der Waals surface area contributed by atoms with E-state index in [-0.39, 0.29) is 5.91 Å². The zero-order valence-corrected chi connectivity index (χ0v) is 8.15. The molecular formula is C11H11NO2. The van der Waals surface area contributed by atoms with E-state index in [2.05, 4.69) is 4.99 Å². The topological polar surface area (TPSA) is 38.7 Å². The van der Waals surface area contributed by atoms with Crippen LogP contribution in [0, 0.1) is 6.92 Å². The molecule has 1 aromatic carbocycles. The molecule has 0 saturated heterocycles. The number of ether oxygens (including phenoxy) is 1. The summed E-state index contributed by atoms with van der Waals surface area (Å²) in [5.41, 5.74) is 1.96. The number of benzene rings is 1. The molecule has 0 spiro atoms. The first-order valence-electron chi connectivity index (χ1n) is 4.53. The maximum atomic E-state index is 11.2. The van der Waals surface area contributed by atoms with Crippen LogP contribution in [0.4, 0.5) is 0 Å². The molecule has 14 heavy (non-hydrogen) atoms. The average Bonchev–Trinajstić information content (AvgIpc) is 2.48. The molecule has 72 valence electrons. The molecule has 3 heteroatoms. The van der Waals surface area contributed by atoms with Gasteiger partial charge in [0.25, 0.3) is 5.91 Å². The lowest BCUT2D eigenvalue weighted by molar-refractivity contribution is -0.121. The van der Waals surface area contributed by atoms with Gasteiger partial charge in [-0.2, -0.15) is 4.99 Å². The third kappa shape index (κ3) is 1.41. The van der Waals surface area contributed by atoms with E-state index >= 15 is 0 Å². The van der Waals surface area contributed by atoms with Gasteiger partial charge in [0.15, 0.2) is 6.10 Å². The second-order valence-corrected chi connectivity index (χ2v) is 3.33. The summed E-state index contributed by atoms with van der Waals surface area (Å²) in [6, 6.07) is 7.72. The number of rotatable bonds is 1. The van der Waals surface area contributed by atoms with Crippen LogP contribution in [0.2, 0.25) is 0 Å². The van der Waals surface area contributed by atoms with Gasteiger partial charge in [-0.3, -0.25) is 4.79 Å². The Balaban J connectivity index is 2.38. The number of hydrogen-bond acceptors (Lipinski definition) is 2. The predicted octanol–water partition coefficient (Wildman–Crippen LogP) is 1.69. The van der Waals surface area contributed by atoms with E-state index in [1.54, 1.807) is 6.92 Å². The number of carbonyl (C=O) groups excluding carboxylic acids is 1. The van der Waals surface area contributed by atoms with Crippen molar-refractivity contribution in [1.29, 1.82) is 0 Å². The van der Waals surface area contributed by atoms with Gasteiger partial charge in [0, 0.05) is 5.56 Å². The molecule has 1 unspecified atom stereocenters. The number of hydrogen-bond donors (Lipinski definition) is 0. The molecule has 0 aliphatic carbocycles. The maximum Gasteiger partial charge on any atom is 0.289 e. The lowest BCUT2D eigenvalue weighted by atomic mass is 10.1. The highest BCUT2D eigenvalue weighted by Gasteiger charge is 2.25. The quantitative estimate of drug-likeness (QED) is 0.674. The molecule has 1 aliphatic rings.